The van der Waals surface area contributed by atoms with Crippen molar-refractivity contribution >= 4 is 16.7 Å². The molecule has 40 heavy (non-hydrogen) atoms. The molecule has 4 aromatic carbocycles. The van der Waals surface area contributed by atoms with Gasteiger partial charge in [0.25, 0.3) is 5.91 Å². The lowest BCUT2D eigenvalue weighted by atomic mass is 9.89. The molecule has 1 aromatic heterocycles. The molecule has 1 saturated heterocycles. The summed E-state index contributed by atoms with van der Waals surface area (Å²) in [4.78, 5) is 15.5. The highest BCUT2D eigenvalue weighted by Crippen LogP contribution is 2.39. The van der Waals surface area contributed by atoms with E-state index in [1.165, 1.54) is 5.56 Å². The van der Waals surface area contributed by atoms with Gasteiger partial charge in [-0.15, -0.1) is 0 Å². The first kappa shape index (κ1) is 26.0. The number of aromatic nitrogens is 2. The first-order valence-corrected chi connectivity index (χ1v) is 14.0. The number of fused-ring (bicyclic) bond motifs is 1. The van der Waals surface area contributed by atoms with Gasteiger partial charge in [-0.25, -0.2) is 4.68 Å². The number of nitrogens with zero attached hydrogens (tertiary/aromatic N) is 3. The Bertz CT molecular complexity index is 1690. The van der Waals surface area contributed by atoms with Gasteiger partial charge < -0.3 is 9.64 Å². The summed E-state index contributed by atoms with van der Waals surface area (Å²) in [6, 6.07) is 31.5. The average molecular weight is 530 g/mol. The van der Waals surface area contributed by atoms with Crippen LogP contribution in [0.15, 0.2) is 91.0 Å². The second-order valence-corrected chi connectivity index (χ2v) is 11.6. The zero-order valence-electron chi connectivity index (χ0n) is 23.6. The molecule has 1 aliphatic rings. The van der Waals surface area contributed by atoms with E-state index in [1.54, 1.807) is 0 Å². The van der Waals surface area contributed by atoms with Crippen LogP contribution >= 0.6 is 0 Å². The molecule has 1 amide bonds. The molecule has 6 rings (SSSR count). The van der Waals surface area contributed by atoms with Gasteiger partial charge in [-0.2, -0.15) is 5.10 Å². The maximum atomic E-state index is 13.6. The fourth-order valence-corrected chi connectivity index (χ4v) is 5.42. The van der Waals surface area contributed by atoms with Crippen molar-refractivity contribution in [3.05, 3.63) is 108 Å². The molecule has 2 heterocycles. The Morgan fingerprint density at radius 3 is 2.10 bits per heavy atom. The van der Waals surface area contributed by atoms with Crippen LogP contribution in [0.25, 0.3) is 38.8 Å². The molecule has 0 atom stereocenters. The zero-order chi connectivity index (χ0) is 27.9. The van der Waals surface area contributed by atoms with E-state index in [4.69, 9.17) is 9.84 Å². The number of amides is 1. The number of benzene rings is 4. The predicted molar refractivity (Wildman–Crippen MR) is 162 cm³/mol. The van der Waals surface area contributed by atoms with Gasteiger partial charge in [0.05, 0.1) is 30.3 Å². The van der Waals surface area contributed by atoms with Crippen LogP contribution in [0.4, 0.5) is 0 Å². The number of rotatable bonds is 4. The fraction of sp³-hybridized carbons (Fsp3) is 0.257. The third-order valence-corrected chi connectivity index (χ3v) is 7.70. The molecule has 202 valence electrons. The standard InChI is InChI=1S/C35H35N3O2/c1-24-13-15-25(16-14-24)38-32(23-33(36-38)35(2,3)4)30-18-17-29(26-9-5-6-10-27(26)30)28-11-7-8-12-31(28)34(39)37-19-21-40-22-20-37/h5-18,23H,19-22H2,1-4H3. The normalized spacial score (nSPS) is 14.1. The van der Waals surface area contributed by atoms with Crippen molar-refractivity contribution in [3.63, 3.8) is 0 Å². The van der Waals surface area contributed by atoms with Crippen LogP contribution in [0.3, 0.4) is 0 Å². The van der Waals surface area contributed by atoms with Gasteiger partial charge in [-0.05, 0) is 53.1 Å². The maximum Gasteiger partial charge on any atom is 0.254 e. The lowest BCUT2D eigenvalue weighted by Crippen LogP contribution is -2.40. The minimum absolute atomic E-state index is 0.0549. The molecule has 0 bridgehead atoms. The highest BCUT2D eigenvalue weighted by molar-refractivity contribution is 6.09. The fourth-order valence-electron chi connectivity index (χ4n) is 5.42. The van der Waals surface area contributed by atoms with Crippen molar-refractivity contribution < 1.29 is 9.53 Å². The minimum Gasteiger partial charge on any atom is -0.378 e. The summed E-state index contributed by atoms with van der Waals surface area (Å²) in [5, 5.41) is 7.33. The first-order chi connectivity index (χ1) is 19.3. The van der Waals surface area contributed by atoms with E-state index in [9.17, 15) is 4.79 Å². The topological polar surface area (TPSA) is 47.4 Å². The number of morpholine rings is 1. The summed E-state index contributed by atoms with van der Waals surface area (Å²) in [6.45, 7) is 11.1. The van der Waals surface area contributed by atoms with E-state index in [0.29, 0.717) is 26.3 Å². The smallest absolute Gasteiger partial charge is 0.254 e. The van der Waals surface area contributed by atoms with Gasteiger partial charge in [0.1, 0.15) is 0 Å². The van der Waals surface area contributed by atoms with Gasteiger partial charge in [0.2, 0.25) is 0 Å². The van der Waals surface area contributed by atoms with E-state index in [0.717, 1.165) is 50.1 Å². The van der Waals surface area contributed by atoms with Crippen molar-refractivity contribution in [1.29, 1.82) is 0 Å². The summed E-state index contributed by atoms with van der Waals surface area (Å²) in [5.74, 6) is 0.0549. The molecule has 0 radical (unpaired) electrons. The monoisotopic (exact) mass is 529 g/mol. The summed E-state index contributed by atoms with van der Waals surface area (Å²) in [5.41, 5.74) is 8.07. The SMILES string of the molecule is Cc1ccc(-n2nc(C(C)(C)C)cc2-c2ccc(-c3ccccc3C(=O)N3CCOCC3)c3ccccc23)cc1. The summed E-state index contributed by atoms with van der Waals surface area (Å²) >= 11 is 0. The molecule has 0 unspecified atom stereocenters. The molecule has 0 spiro atoms. The van der Waals surface area contributed by atoms with Crippen LogP contribution in [0.5, 0.6) is 0 Å². The van der Waals surface area contributed by atoms with Gasteiger partial charge in [0, 0.05) is 29.6 Å². The van der Waals surface area contributed by atoms with E-state index in [-0.39, 0.29) is 11.3 Å². The van der Waals surface area contributed by atoms with Crippen LogP contribution < -0.4 is 0 Å². The lowest BCUT2D eigenvalue weighted by molar-refractivity contribution is 0.0303. The van der Waals surface area contributed by atoms with Crippen LogP contribution in [-0.4, -0.2) is 46.9 Å². The molecule has 1 aliphatic heterocycles. The Morgan fingerprint density at radius 1 is 0.775 bits per heavy atom. The molecule has 5 aromatic rings. The molecule has 0 saturated carbocycles. The quantitative estimate of drug-likeness (QED) is 0.243. The van der Waals surface area contributed by atoms with Crippen molar-refractivity contribution in [3.8, 4) is 28.1 Å². The molecule has 1 fully saturated rings. The average Bonchev–Trinajstić information content (AvgIpc) is 3.43. The highest BCUT2D eigenvalue weighted by atomic mass is 16.5. The second-order valence-electron chi connectivity index (χ2n) is 11.6. The van der Waals surface area contributed by atoms with Gasteiger partial charge in [-0.3, -0.25) is 4.79 Å². The number of carbonyl (C=O) groups excluding carboxylic acids is 1. The van der Waals surface area contributed by atoms with E-state index in [1.807, 2.05) is 23.1 Å². The van der Waals surface area contributed by atoms with E-state index < -0.39 is 0 Å². The van der Waals surface area contributed by atoms with Crippen LogP contribution in [-0.2, 0) is 10.2 Å². The predicted octanol–water partition coefficient (Wildman–Crippen LogP) is 7.44. The van der Waals surface area contributed by atoms with Crippen molar-refractivity contribution in [1.82, 2.24) is 14.7 Å². The third-order valence-electron chi connectivity index (χ3n) is 7.70. The number of carbonyl (C=O) groups is 1. The summed E-state index contributed by atoms with van der Waals surface area (Å²) < 4.78 is 7.55. The largest absolute Gasteiger partial charge is 0.378 e. The van der Waals surface area contributed by atoms with Crippen molar-refractivity contribution in [2.24, 2.45) is 0 Å². The van der Waals surface area contributed by atoms with Gasteiger partial charge in [-0.1, -0.05) is 93.1 Å². The van der Waals surface area contributed by atoms with Gasteiger partial charge in [0.15, 0.2) is 0 Å². The zero-order valence-corrected chi connectivity index (χ0v) is 23.6. The van der Waals surface area contributed by atoms with Crippen molar-refractivity contribution in [2.75, 3.05) is 26.3 Å². The molecule has 0 aliphatic carbocycles. The summed E-state index contributed by atoms with van der Waals surface area (Å²) in [6.07, 6.45) is 0. The molecular weight excluding hydrogens is 494 g/mol. The molecular formula is C35H35N3O2. The molecule has 5 nitrogen and oxygen atoms in total. The Kier molecular flexibility index (Phi) is 6.77. The number of ether oxygens (including phenoxy) is 1. The highest BCUT2D eigenvalue weighted by Gasteiger charge is 2.25. The first-order valence-electron chi connectivity index (χ1n) is 14.0. The van der Waals surface area contributed by atoms with E-state index >= 15 is 0 Å². The number of aryl methyl sites for hydroxylation is 1. The Morgan fingerprint density at radius 2 is 1.40 bits per heavy atom. The lowest BCUT2D eigenvalue weighted by Gasteiger charge is -2.27. The molecule has 0 N–H and O–H groups in total. The van der Waals surface area contributed by atoms with Crippen molar-refractivity contribution in [2.45, 2.75) is 33.1 Å². The Balaban J connectivity index is 1.53. The Labute approximate surface area is 236 Å². The number of hydrogen-bond donors (Lipinski definition) is 0. The molecule has 5 heteroatoms. The van der Waals surface area contributed by atoms with E-state index in [2.05, 4.69) is 105 Å². The van der Waals surface area contributed by atoms with Crippen LogP contribution in [0, 0.1) is 6.92 Å². The maximum absolute atomic E-state index is 13.6. The number of hydrogen-bond acceptors (Lipinski definition) is 3. The van der Waals surface area contributed by atoms with Gasteiger partial charge >= 0.3 is 0 Å². The van der Waals surface area contributed by atoms with Crippen LogP contribution in [0.2, 0.25) is 0 Å². The Hall–Kier alpha value is -4.22. The van der Waals surface area contributed by atoms with Crippen LogP contribution in [0.1, 0.15) is 42.4 Å². The second kappa shape index (κ2) is 10.4. The summed E-state index contributed by atoms with van der Waals surface area (Å²) in [7, 11) is 0. The minimum atomic E-state index is -0.0980. The third kappa shape index (κ3) is 4.82.